The van der Waals surface area contributed by atoms with Gasteiger partial charge in [0, 0.05) is 5.54 Å². The summed E-state index contributed by atoms with van der Waals surface area (Å²) < 4.78 is 23.0. The third-order valence-corrected chi connectivity index (χ3v) is 4.62. The van der Waals surface area contributed by atoms with Crippen LogP contribution in [0.2, 0.25) is 0 Å². The molecule has 0 spiro atoms. The van der Waals surface area contributed by atoms with E-state index in [0.717, 1.165) is 17.9 Å². The van der Waals surface area contributed by atoms with E-state index < -0.39 is 15.4 Å². The Hall–Kier alpha value is 0.260. The summed E-state index contributed by atoms with van der Waals surface area (Å²) in [5.74, 6) is 2.31. The molecule has 0 amide bonds. The molecule has 0 bridgehead atoms. The average Bonchev–Trinajstić information content (AvgIpc) is 1.93. The fraction of sp³-hybridized carbons (Fsp3) is 1.00. The predicted octanol–water partition coefficient (Wildman–Crippen LogP) is 1.28. The highest BCUT2D eigenvalue weighted by molar-refractivity contribution is 7.99. The second kappa shape index (κ2) is 5.98. The molecule has 0 aliphatic heterocycles. The van der Waals surface area contributed by atoms with Gasteiger partial charge in [-0.2, -0.15) is 11.8 Å². The zero-order chi connectivity index (χ0) is 11.2. The van der Waals surface area contributed by atoms with E-state index in [1.165, 1.54) is 0 Å². The monoisotopic (exact) mass is 239 g/mol. The average molecular weight is 239 g/mol. The number of nitrogens with two attached hydrogens (primary N) is 1. The van der Waals surface area contributed by atoms with E-state index in [0.29, 0.717) is 0 Å². The van der Waals surface area contributed by atoms with Crippen LogP contribution in [-0.2, 0) is 9.84 Å². The molecule has 2 N–H and O–H groups in total. The summed E-state index contributed by atoms with van der Waals surface area (Å²) in [5, 5.41) is 0. The van der Waals surface area contributed by atoms with Crippen LogP contribution in [0.1, 0.15) is 27.2 Å². The normalized spacial score (nSPS) is 13.1. The van der Waals surface area contributed by atoms with E-state index in [9.17, 15) is 8.42 Å². The van der Waals surface area contributed by atoms with E-state index in [4.69, 9.17) is 5.73 Å². The van der Waals surface area contributed by atoms with Gasteiger partial charge in [-0.15, -0.1) is 0 Å². The highest BCUT2D eigenvalue weighted by atomic mass is 32.2. The van der Waals surface area contributed by atoms with Crippen molar-refractivity contribution in [2.24, 2.45) is 5.73 Å². The number of thioether (sulfide) groups is 1. The van der Waals surface area contributed by atoms with E-state index in [1.807, 2.05) is 0 Å². The molecule has 0 heterocycles. The molecule has 0 fully saturated rings. The molecule has 3 nitrogen and oxygen atoms in total. The first kappa shape index (κ1) is 14.3. The van der Waals surface area contributed by atoms with Gasteiger partial charge in [0.15, 0.2) is 9.84 Å². The molecule has 0 radical (unpaired) electrons. The van der Waals surface area contributed by atoms with Gasteiger partial charge in [0.05, 0.1) is 11.5 Å². The molecule has 86 valence electrons. The molecule has 0 aromatic heterocycles. The number of sulfone groups is 1. The Labute approximate surface area is 91.7 Å². The van der Waals surface area contributed by atoms with Crippen molar-refractivity contribution in [3.63, 3.8) is 0 Å². The molecule has 0 unspecified atom stereocenters. The van der Waals surface area contributed by atoms with Gasteiger partial charge >= 0.3 is 0 Å². The zero-order valence-electron chi connectivity index (χ0n) is 9.25. The molecule has 0 atom stereocenters. The minimum absolute atomic E-state index is 0.0802. The number of hydrogen-bond donors (Lipinski definition) is 1. The van der Waals surface area contributed by atoms with Crippen LogP contribution in [0.4, 0.5) is 0 Å². The standard InChI is InChI=1S/C9H21NO2S2/c1-4-13-6-5-7-14(11,12)8-9(2,3)10/h4-8,10H2,1-3H3. The first-order chi connectivity index (χ1) is 6.27. The summed E-state index contributed by atoms with van der Waals surface area (Å²) in [6, 6.07) is 0. The molecule has 0 aromatic rings. The van der Waals surface area contributed by atoms with Crippen LogP contribution in [0.15, 0.2) is 0 Å². The molecule has 0 aromatic carbocycles. The molecule has 5 heteroatoms. The first-order valence-electron chi connectivity index (χ1n) is 4.84. The second-order valence-electron chi connectivity index (χ2n) is 4.13. The van der Waals surface area contributed by atoms with Crippen LogP contribution in [0.5, 0.6) is 0 Å². The van der Waals surface area contributed by atoms with Crippen molar-refractivity contribution in [3.8, 4) is 0 Å². The fourth-order valence-corrected chi connectivity index (χ4v) is 3.85. The predicted molar refractivity (Wildman–Crippen MR) is 64.5 cm³/mol. The van der Waals surface area contributed by atoms with E-state index in [-0.39, 0.29) is 11.5 Å². The Morgan fingerprint density at radius 3 is 2.36 bits per heavy atom. The van der Waals surface area contributed by atoms with Gasteiger partial charge in [-0.1, -0.05) is 6.92 Å². The summed E-state index contributed by atoms with van der Waals surface area (Å²) in [6.07, 6.45) is 0.733. The quantitative estimate of drug-likeness (QED) is 0.680. The van der Waals surface area contributed by atoms with Crippen molar-refractivity contribution < 1.29 is 8.42 Å². The topological polar surface area (TPSA) is 60.2 Å². The van der Waals surface area contributed by atoms with E-state index >= 15 is 0 Å². The molecule has 0 saturated carbocycles. The van der Waals surface area contributed by atoms with Gasteiger partial charge in [0.2, 0.25) is 0 Å². The Morgan fingerprint density at radius 2 is 1.93 bits per heavy atom. The zero-order valence-corrected chi connectivity index (χ0v) is 10.9. The second-order valence-corrected chi connectivity index (χ2v) is 7.71. The summed E-state index contributed by atoms with van der Waals surface area (Å²) in [5.41, 5.74) is 5.05. The molecular weight excluding hydrogens is 218 g/mol. The van der Waals surface area contributed by atoms with Gasteiger partial charge < -0.3 is 5.73 Å². The number of hydrogen-bond acceptors (Lipinski definition) is 4. The van der Waals surface area contributed by atoms with Crippen LogP contribution in [0.3, 0.4) is 0 Å². The lowest BCUT2D eigenvalue weighted by Crippen LogP contribution is -2.40. The maximum Gasteiger partial charge on any atom is 0.152 e. The Bertz CT molecular complexity index is 242. The van der Waals surface area contributed by atoms with E-state index in [2.05, 4.69) is 6.92 Å². The third-order valence-electron chi connectivity index (χ3n) is 1.54. The lowest BCUT2D eigenvalue weighted by Gasteiger charge is -2.17. The highest BCUT2D eigenvalue weighted by Gasteiger charge is 2.21. The molecule has 0 aliphatic rings. The Balaban J connectivity index is 3.86. The maximum absolute atomic E-state index is 11.5. The lowest BCUT2D eigenvalue weighted by atomic mass is 10.1. The van der Waals surface area contributed by atoms with Crippen molar-refractivity contribution in [1.82, 2.24) is 0 Å². The van der Waals surface area contributed by atoms with Crippen molar-refractivity contribution >= 4 is 21.6 Å². The lowest BCUT2D eigenvalue weighted by molar-refractivity contribution is 0.544. The summed E-state index contributed by atoms with van der Waals surface area (Å²) >= 11 is 1.77. The van der Waals surface area contributed by atoms with Crippen LogP contribution in [0.25, 0.3) is 0 Å². The minimum Gasteiger partial charge on any atom is -0.325 e. The van der Waals surface area contributed by atoms with Gasteiger partial charge in [-0.3, -0.25) is 0 Å². The van der Waals surface area contributed by atoms with Gasteiger partial charge in [-0.05, 0) is 31.8 Å². The summed E-state index contributed by atoms with van der Waals surface area (Å²) in [6.45, 7) is 5.55. The van der Waals surface area contributed by atoms with Crippen LogP contribution < -0.4 is 5.73 Å². The van der Waals surface area contributed by atoms with Crippen molar-refractivity contribution in [2.45, 2.75) is 32.7 Å². The van der Waals surface area contributed by atoms with Gasteiger partial charge in [-0.25, -0.2) is 8.42 Å². The van der Waals surface area contributed by atoms with Crippen molar-refractivity contribution in [3.05, 3.63) is 0 Å². The first-order valence-corrected chi connectivity index (χ1v) is 7.81. The SMILES string of the molecule is CCSCCCS(=O)(=O)CC(C)(C)N. The number of rotatable bonds is 7. The highest BCUT2D eigenvalue weighted by Crippen LogP contribution is 2.07. The van der Waals surface area contributed by atoms with Crippen LogP contribution in [-0.4, -0.2) is 37.0 Å². The maximum atomic E-state index is 11.5. The fourth-order valence-electron chi connectivity index (χ4n) is 1.16. The molecule has 14 heavy (non-hydrogen) atoms. The summed E-state index contributed by atoms with van der Waals surface area (Å²) in [4.78, 5) is 0. The van der Waals surface area contributed by atoms with Crippen molar-refractivity contribution in [1.29, 1.82) is 0 Å². The van der Waals surface area contributed by atoms with Crippen LogP contribution >= 0.6 is 11.8 Å². The van der Waals surface area contributed by atoms with Crippen LogP contribution in [0, 0.1) is 0 Å². The van der Waals surface area contributed by atoms with E-state index in [1.54, 1.807) is 25.6 Å². The Morgan fingerprint density at radius 1 is 1.36 bits per heavy atom. The third kappa shape index (κ3) is 8.84. The van der Waals surface area contributed by atoms with Gasteiger partial charge in [0.1, 0.15) is 0 Å². The molecule has 0 saturated heterocycles. The smallest absolute Gasteiger partial charge is 0.152 e. The van der Waals surface area contributed by atoms with Crippen molar-refractivity contribution in [2.75, 3.05) is 23.0 Å². The molecule has 0 aliphatic carbocycles. The minimum atomic E-state index is -2.96. The largest absolute Gasteiger partial charge is 0.325 e. The molecular formula is C9H21NO2S2. The Kier molecular flexibility index (Phi) is 6.09. The van der Waals surface area contributed by atoms with Gasteiger partial charge in [0.25, 0.3) is 0 Å². The molecule has 0 rings (SSSR count). The summed E-state index contributed by atoms with van der Waals surface area (Å²) in [7, 11) is -2.96.